The summed E-state index contributed by atoms with van der Waals surface area (Å²) in [5.41, 5.74) is 11.3. The molecule has 0 aliphatic rings. The molecule has 0 N–H and O–H groups in total. The molecular formula is C50H31NO2. The van der Waals surface area contributed by atoms with E-state index < -0.39 is 0 Å². The second-order valence-corrected chi connectivity index (χ2v) is 13.6. The first-order valence-electron chi connectivity index (χ1n) is 18.0. The Morgan fingerprint density at radius 1 is 0.321 bits per heavy atom. The fraction of sp³-hybridized carbons (Fsp3) is 0. The van der Waals surface area contributed by atoms with E-state index in [0.717, 1.165) is 88.6 Å². The van der Waals surface area contributed by atoms with Gasteiger partial charge >= 0.3 is 0 Å². The molecule has 11 rings (SSSR count). The van der Waals surface area contributed by atoms with E-state index in [4.69, 9.17) is 8.83 Å². The maximum atomic E-state index is 6.93. The van der Waals surface area contributed by atoms with Gasteiger partial charge in [-0.2, -0.15) is 0 Å². The SMILES string of the molecule is c1ccc(-c2ccc3oc4c5ccccc5c5ccccc5c4c3c2N(c2ccccc2)c2ccc(-c3ccc4c(c3)oc3ccccc34)cc2)cc1. The van der Waals surface area contributed by atoms with E-state index >= 15 is 0 Å². The van der Waals surface area contributed by atoms with Gasteiger partial charge in [0.15, 0.2) is 0 Å². The standard InChI is InChI=1S/C50H31NO2/c1-3-13-33(14-4-1)37-29-30-45-48(47-42-20-9-7-17-38(42)39-18-8-10-21-43(39)50(47)53-45)49(37)51(35-15-5-2-6-16-35)36-26-23-32(24-27-36)34-25-28-41-40-19-11-12-22-44(40)52-46(41)31-34/h1-31H. The second kappa shape index (κ2) is 11.7. The molecule has 9 aromatic carbocycles. The van der Waals surface area contributed by atoms with Crippen molar-refractivity contribution in [1.82, 2.24) is 0 Å². The topological polar surface area (TPSA) is 29.5 Å². The molecule has 53 heavy (non-hydrogen) atoms. The fourth-order valence-electron chi connectivity index (χ4n) is 8.25. The lowest BCUT2D eigenvalue weighted by Gasteiger charge is -2.29. The number of benzene rings is 9. The number of para-hydroxylation sites is 2. The number of fused-ring (bicyclic) bond motifs is 11. The Balaban J connectivity index is 1.19. The lowest BCUT2D eigenvalue weighted by atomic mass is 9.93. The molecule has 0 saturated carbocycles. The second-order valence-electron chi connectivity index (χ2n) is 13.6. The molecular weight excluding hydrogens is 647 g/mol. The van der Waals surface area contributed by atoms with Gasteiger partial charge in [0.25, 0.3) is 0 Å². The molecule has 0 spiro atoms. The third-order valence-corrected chi connectivity index (χ3v) is 10.6. The number of nitrogens with zero attached hydrogens (tertiary/aromatic N) is 1. The van der Waals surface area contributed by atoms with Gasteiger partial charge in [0, 0.05) is 38.5 Å². The van der Waals surface area contributed by atoms with Crippen molar-refractivity contribution < 1.29 is 8.83 Å². The van der Waals surface area contributed by atoms with Crippen molar-refractivity contribution in [2.75, 3.05) is 4.90 Å². The Morgan fingerprint density at radius 2 is 0.906 bits per heavy atom. The lowest BCUT2D eigenvalue weighted by molar-refractivity contribution is 0.669. The Kier molecular flexibility index (Phi) is 6.55. The summed E-state index contributed by atoms with van der Waals surface area (Å²) in [6.45, 7) is 0. The first kappa shape index (κ1) is 29.6. The normalized spacial score (nSPS) is 11.8. The van der Waals surface area contributed by atoms with Gasteiger partial charge in [-0.3, -0.25) is 0 Å². The van der Waals surface area contributed by atoms with Crippen LogP contribution in [0.3, 0.4) is 0 Å². The average Bonchev–Trinajstić information content (AvgIpc) is 3.81. The summed E-state index contributed by atoms with van der Waals surface area (Å²) in [4.78, 5) is 2.40. The lowest BCUT2D eigenvalue weighted by Crippen LogP contribution is -2.11. The van der Waals surface area contributed by atoms with Crippen molar-refractivity contribution in [3.8, 4) is 22.3 Å². The molecule has 11 aromatic rings. The quantitative estimate of drug-likeness (QED) is 0.170. The highest BCUT2D eigenvalue weighted by Gasteiger charge is 2.26. The molecule has 0 atom stereocenters. The summed E-state index contributed by atoms with van der Waals surface area (Å²) in [6, 6.07) is 66.7. The molecule has 3 nitrogen and oxygen atoms in total. The number of furan rings is 2. The minimum atomic E-state index is 0.855. The van der Waals surface area contributed by atoms with E-state index in [9.17, 15) is 0 Å². The maximum absolute atomic E-state index is 6.93. The Labute approximate surface area is 305 Å². The van der Waals surface area contributed by atoms with Crippen LogP contribution in [0.15, 0.2) is 197 Å². The average molecular weight is 678 g/mol. The molecule has 2 heterocycles. The summed E-state index contributed by atoms with van der Waals surface area (Å²) in [5, 5.41) is 9.18. The first-order valence-corrected chi connectivity index (χ1v) is 18.0. The Morgan fingerprint density at radius 3 is 1.68 bits per heavy atom. The molecule has 0 amide bonds. The molecule has 0 unspecified atom stereocenters. The first-order chi connectivity index (χ1) is 26.3. The van der Waals surface area contributed by atoms with Gasteiger partial charge in [-0.05, 0) is 87.4 Å². The molecule has 0 radical (unpaired) electrons. The molecule has 3 heteroatoms. The highest BCUT2D eigenvalue weighted by Crippen LogP contribution is 2.51. The van der Waals surface area contributed by atoms with Crippen LogP contribution in [-0.2, 0) is 0 Å². The summed E-state index contributed by atoms with van der Waals surface area (Å²) in [7, 11) is 0. The van der Waals surface area contributed by atoms with E-state index in [0.29, 0.717) is 0 Å². The van der Waals surface area contributed by atoms with E-state index in [-0.39, 0.29) is 0 Å². The molecule has 0 bridgehead atoms. The summed E-state index contributed by atoms with van der Waals surface area (Å²) < 4.78 is 13.2. The summed E-state index contributed by atoms with van der Waals surface area (Å²) in [5.74, 6) is 0. The van der Waals surface area contributed by atoms with Crippen molar-refractivity contribution >= 4 is 82.5 Å². The third-order valence-electron chi connectivity index (χ3n) is 10.6. The van der Waals surface area contributed by atoms with Crippen LogP contribution in [-0.4, -0.2) is 0 Å². The van der Waals surface area contributed by atoms with E-state index in [2.05, 4.69) is 181 Å². The van der Waals surface area contributed by atoms with Crippen molar-refractivity contribution in [2.45, 2.75) is 0 Å². The van der Waals surface area contributed by atoms with Gasteiger partial charge in [0.2, 0.25) is 0 Å². The highest BCUT2D eigenvalue weighted by molar-refractivity contribution is 6.33. The molecule has 248 valence electrons. The van der Waals surface area contributed by atoms with Crippen LogP contribution in [0.5, 0.6) is 0 Å². The van der Waals surface area contributed by atoms with Crippen LogP contribution in [0, 0.1) is 0 Å². The molecule has 0 aliphatic carbocycles. The fourth-order valence-corrected chi connectivity index (χ4v) is 8.25. The van der Waals surface area contributed by atoms with Crippen LogP contribution < -0.4 is 4.90 Å². The van der Waals surface area contributed by atoms with Gasteiger partial charge in [0.05, 0.1) is 11.1 Å². The van der Waals surface area contributed by atoms with E-state index in [1.807, 2.05) is 12.1 Å². The largest absolute Gasteiger partial charge is 0.456 e. The third kappa shape index (κ3) is 4.61. The van der Waals surface area contributed by atoms with Crippen LogP contribution in [0.2, 0.25) is 0 Å². The number of hydrogen-bond donors (Lipinski definition) is 0. The Bertz CT molecular complexity index is 3160. The Hall–Kier alpha value is -7.10. The maximum Gasteiger partial charge on any atom is 0.143 e. The zero-order valence-electron chi connectivity index (χ0n) is 28.7. The van der Waals surface area contributed by atoms with Gasteiger partial charge in [-0.25, -0.2) is 0 Å². The van der Waals surface area contributed by atoms with E-state index in [1.165, 1.54) is 16.2 Å². The zero-order chi connectivity index (χ0) is 34.9. The minimum Gasteiger partial charge on any atom is -0.456 e. The van der Waals surface area contributed by atoms with Crippen molar-refractivity contribution in [2.24, 2.45) is 0 Å². The predicted octanol–water partition coefficient (Wildman–Crippen LogP) is 14.6. The number of rotatable bonds is 5. The zero-order valence-corrected chi connectivity index (χ0v) is 28.7. The van der Waals surface area contributed by atoms with E-state index in [1.54, 1.807) is 0 Å². The van der Waals surface area contributed by atoms with Gasteiger partial charge in [0.1, 0.15) is 22.3 Å². The van der Waals surface area contributed by atoms with Crippen LogP contribution in [0.1, 0.15) is 0 Å². The summed E-state index contributed by atoms with van der Waals surface area (Å²) in [6.07, 6.45) is 0. The van der Waals surface area contributed by atoms with Gasteiger partial charge in [-0.1, -0.05) is 133 Å². The van der Waals surface area contributed by atoms with Gasteiger partial charge in [-0.15, -0.1) is 0 Å². The highest BCUT2D eigenvalue weighted by atomic mass is 16.3. The summed E-state index contributed by atoms with van der Waals surface area (Å²) >= 11 is 0. The number of hydrogen-bond acceptors (Lipinski definition) is 3. The van der Waals surface area contributed by atoms with Crippen LogP contribution in [0.25, 0.3) is 87.7 Å². The van der Waals surface area contributed by atoms with Gasteiger partial charge < -0.3 is 13.7 Å². The minimum absolute atomic E-state index is 0.855. The molecule has 2 aromatic heterocycles. The van der Waals surface area contributed by atoms with Crippen molar-refractivity contribution in [3.05, 3.63) is 188 Å². The van der Waals surface area contributed by atoms with Crippen molar-refractivity contribution in [3.63, 3.8) is 0 Å². The predicted molar refractivity (Wildman–Crippen MR) is 222 cm³/mol. The smallest absolute Gasteiger partial charge is 0.143 e. The number of anilines is 3. The monoisotopic (exact) mass is 677 g/mol. The molecule has 0 aliphatic heterocycles. The van der Waals surface area contributed by atoms with Crippen LogP contribution in [0.4, 0.5) is 17.1 Å². The van der Waals surface area contributed by atoms with Crippen molar-refractivity contribution in [1.29, 1.82) is 0 Å². The molecule has 0 saturated heterocycles. The van der Waals surface area contributed by atoms with Crippen LogP contribution >= 0.6 is 0 Å². The molecule has 0 fully saturated rings.